The van der Waals surface area contributed by atoms with Crippen molar-refractivity contribution in [2.24, 2.45) is 0 Å². The van der Waals surface area contributed by atoms with E-state index in [0.717, 1.165) is 23.4 Å². The molecule has 2 amide bonds. The number of hydrogen-bond donors (Lipinski definition) is 4. The van der Waals surface area contributed by atoms with Crippen LogP contribution in [-0.2, 0) is 0 Å². The van der Waals surface area contributed by atoms with E-state index in [1.54, 1.807) is 0 Å². The van der Waals surface area contributed by atoms with Crippen LogP contribution in [0.15, 0.2) is 18.2 Å². The van der Waals surface area contributed by atoms with Gasteiger partial charge in [-0.2, -0.15) is 0 Å². The third-order valence-corrected chi connectivity index (χ3v) is 3.48. The van der Waals surface area contributed by atoms with E-state index in [9.17, 15) is 9.90 Å². The van der Waals surface area contributed by atoms with Crippen LogP contribution < -0.4 is 16.0 Å². The fraction of sp³-hybridized carbons (Fsp3) is 0.500. The largest absolute Gasteiger partial charge is 0.391 e. The highest BCUT2D eigenvalue weighted by Gasteiger charge is 2.24. The molecule has 1 heterocycles. The summed E-state index contributed by atoms with van der Waals surface area (Å²) in [5.74, 6) is 0. The summed E-state index contributed by atoms with van der Waals surface area (Å²) in [7, 11) is 0. The number of para-hydroxylation sites is 1. The standard InChI is InChI=1S/C14H21N3O2/c1-9-4-3-5-10(2)13(9)17-14(19)16-11-8-15-7-6-12(11)18/h3-5,11-12,15,18H,6-8H2,1-2H3,(H2,16,17,19). The Morgan fingerprint density at radius 1 is 1.37 bits per heavy atom. The second kappa shape index (κ2) is 6.04. The maximum atomic E-state index is 12.0. The summed E-state index contributed by atoms with van der Waals surface area (Å²) < 4.78 is 0. The van der Waals surface area contributed by atoms with Crippen LogP contribution in [0, 0.1) is 13.8 Å². The molecule has 1 fully saturated rings. The number of anilines is 1. The molecule has 1 aromatic carbocycles. The average molecular weight is 263 g/mol. The summed E-state index contributed by atoms with van der Waals surface area (Å²) in [6.45, 7) is 5.30. The number of aryl methyl sites for hydroxylation is 2. The SMILES string of the molecule is Cc1cccc(C)c1NC(=O)NC1CNCCC1O. The molecular formula is C14H21N3O2. The fourth-order valence-corrected chi connectivity index (χ4v) is 2.32. The molecule has 1 aromatic rings. The van der Waals surface area contributed by atoms with Crippen LogP contribution in [0.25, 0.3) is 0 Å². The molecule has 4 N–H and O–H groups in total. The summed E-state index contributed by atoms with van der Waals surface area (Å²) in [4.78, 5) is 12.0. The van der Waals surface area contributed by atoms with Crippen molar-refractivity contribution >= 4 is 11.7 Å². The van der Waals surface area contributed by atoms with Gasteiger partial charge in [0.1, 0.15) is 0 Å². The maximum Gasteiger partial charge on any atom is 0.319 e. The predicted octanol–water partition coefficient (Wildman–Crippen LogP) is 1.15. The normalized spacial score (nSPS) is 22.9. The van der Waals surface area contributed by atoms with Crippen LogP contribution >= 0.6 is 0 Å². The van der Waals surface area contributed by atoms with Crippen molar-refractivity contribution in [1.82, 2.24) is 10.6 Å². The van der Waals surface area contributed by atoms with E-state index in [-0.39, 0.29) is 12.1 Å². The van der Waals surface area contributed by atoms with Gasteiger partial charge in [-0.25, -0.2) is 4.79 Å². The summed E-state index contributed by atoms with van der Waals surface area (Å²) in [6, 6.07) is 5.37. The number of aliphatic hydroxyl groups excluding tert-OH is 1. The van der Waals surface area contributed by atoms with Gasteiger partial charge in [0, 0.05) is 12.2 Å². The van der Waals surface area contributed by atoms with Crippen LogP contribution in [0.2, 0.25) is 0 Å². The molecule has 0 aliphatic carbocycles. The predicted molar refractivity (Wildman–Crippen MR) is 75.4 cm³/mol. The fourth-order valence-electron chi connectivity index (χ4n) is 2.32. The highest BCUT2D eigenvalue weighted by molar-refractivity contribution is 5.91. The van der Waals surface area contributed by atoms with Crippen molar-refractivity contribution < 1.29 is 9.90 Å². The molecule has 0 aromatic heterocycles. The van der Waals surface area contributed by atoms with E-state index in [1.165, 1.54) is 0 Å². The van der Waals surface area contributed by atoms with Gasteiger partial charge in [-0.3, -0.25) is 0 Å². The molecule has 2 atom stereocenters. The molecule has 2 unspecified atom stereocenters. The lowest BCUT2D eigenvalue weighted by Gasteiger charge is -2.29. The van der Waals surface area contributed by atoms with E-state index in [2.05, 4.69) is 16.0 Å². The maximum absolute atomic E-state index is 12.0. The Bertz CT molecular complexity index is 442. The van der Waals surface area contributed by atoms with E-state index < -0.39 is 6.10 Å². The molecule has 19 heavy (non-hydrogen) atoms. The molecule has 104 valence electrons. The number of rotatable bonds is 2. The molecule has 0 bridgehead atoms. The van der Waals surface area contributed by atoms with Crippen molar-refractivity contribution in [1.29, 1.82) is 0 Å². The first kappa shape index (κ1) is 13.8. The summed E-state index contributed by atoms with van der Waals surface area (Å²) >= 11 is 0. The van der Waals surface area contributed by atoms with Gasteiger partial charge < -0.3 is 21.1 Å². The van der Waals surface area contributed by atoms with Crippen molar-refractivity contribution in [2.45, 2.75) is 32.4 Å². The smallest absolute Gasteiger partial charge is 0.319 e. The molecular weight excluding hydrogens is 242 g/mol. The molecule has 0 spiro atoms. The van der Waals surface area contributed by atoms with Crippen molar-refractivity contribution in [2.75, 3.05) is 18.4 Å². The Kier molecular flexibility index (Phi) is 4.39. The highest BCUT2D eigenvalue weighted by Crippen LogP contribution is 2.19. The zero-order valence-electron chi connectivity index (χ0n) is 11.4. The zero-order chi connectivity index (χ0) is 13.8. The van der Waals surface area contributed by atoms with Gasteiger partial charge >= 0.3 is 6.03 Å². The van der Waals surface area contributed by atoms with Crippen LogP contribution in [0.3, 0.4) is 0 Å². The molecule has 5 nitrogen and oxygen atoms in total. The van der Waals surface area contributed by atoms with Gasteiger partial charge in [-0.05, 0) is 37.9 Å². The lowest BCUT2D eigenvalue weighted by atomic mass is 10.0. The molecule has 5 heteroatoms. The first-order valence-electron chi connectivity index (χ1n) is 6.60. The molecule has 1 aliphatic heterocycles. The first-order chi connectivity index (χ1) is 9.08. The summed E-state index contributed by atoms with van der Waals surface area (Å²) in [6.07, 6.45) is 0.180. The Morgan fingerprint density at radius 3 is 2.68 bits per heavy atom. The second-order valence-corrected chi connectivity index (χ2v) is 5.03. The number of benzene rings is 1. The number of amides is 2. The summed E-state index contributed by atoms with van der Waals surface area (Å²) in [5.41, 5.74) is 2.88. The number of carbonyl (C=O) groups is 1. The molecule has 1 saturated heterocycles. The number of nitrogens with one attached hydrogen (secondary N) is 3. The third-order valence-electron chi connectivity index (χ3n) is 3.48. The Labute approximate surface area is 113 Å². The average Bonchev–Trinajstić information content (AvgIpc) is 2.37. The van der Waals surface area contributed by atoms with E-state index in [0.29, 0.717) is 13.0 Å². The van der Waals surface area contributed by atoms with Crippen LogP contribution in [0.1, 0.15) is 17.5 Å². The van der Waals surface area contributed by atoms with Crippen LogP contribution in [0.5, 0.6) is 0 Å². The summed E-state index contributed by atoms with van der Waals surface area (Å²) in [5, 5.41) is 18.6. The van der Waals surface area contributed by atoms with Crippen LogP contribution in [-0.4, -0.2) is 36.4 Å². The molecule has 0 saturated carbocycles. The minimum absolute atomic E-state index is 0.238. The minimum Gasteiger partial charge on any atom is -0.391 e. The zero-order valence-corrected chi connectivity index (χ0v) is 11.4. The number of piperidine rings is 1. The number of urea groups is 1. The van der Waals surface area contributed by atoms with Gasteiger partial charge in [0.15, 0.2) is 0 Å². The third kappa shape index (κ3) is 3.45. The van der Waals surface area contributed by atoms with Gasteiger partial charge in [-0.15, -0.1) is 0 Å². The van der Waals surface area contributed by atoms with Gasteiger partial charge in [0.05, 0.1) is 12.1 Å². The minimum atomic E-state index is -0.482. The quantitative estimate of drug-likeness (QED) is 0.646. The topological polar surface area (TPSA) is 73.4 Å². The number of carbonyl (C=O) groups excluding carboxylic acids is 1. The second-order valence-electron chi connectivity index (χ2n) is 5.03. The number of aliphatic hydroxyl groups is 1. The van der Waals surface area contributed by atoms with E-state index >= 15 is 0 Å². The molecule has 2 rings (SSSR count). The van der Waals surface area contributed by atoms with E-state index in [4.69, 9.17) is 0 Å². The van der Waals surface area contributed by atoms with E-state index in [1.807, 2.05) is 32.0 Å². The van der Waals surface area contributed by atoms with Crippen LogP contribution in [0.4, 0.5) is 10.5 Å². The van der Waals surface area contributed by atoms with Gasteiger partial charge in [-0.1, -0.05) is 18.2 Å². The monoisotopic (exact) mass is 263 g/mol. The Morgan fingerprint density at radius 2 is 2.05 bits per heavy atom. The molecule has 1 aliphatic rings. The van der Waals surface area contributed by atoms with Crippen molar-refractivity contribution in [3.63, 3.8) is 0 Å². The van der Waals surface area contributed by atoms with Crippen molar-refractivity contribution in [3.05, 3.63) is 29.3 Å². The van der Waals surface area contributed by atoms with Crippen molar-refractivity contribution in [3.8, 4) is 0 Å². The molecule has 0 radical (unpaired) electrons. The number of hydrogen-bond acceptors (Lipinski definition) is 3. The lowest BCUT2D eigenvalue weighted by molar-refractivity contribution is 0.103. The lowest BCUT2D eigenvalue weighted by Crippen LogP contribution is -2.54. The Balaban J connectivity index is 1.97. The van der Waals surface area contributed by atoms with Gasteiger partial charge in [0.2, 0.25) is 0 Å². The Hall–Kier alpha value is -1.59. The first-order valence-corrected chi connectivity index (χ1v) is 6.60. The van der Waals surface area contributed by atoms with Gasteiger partial charge in [0.25, 0.3) is 0 Å². The highest BCUT2D eigenvalue weighted by atomic mass is 16.3.